The van der Waals surface area contributed by atoms with Gasteiger partial charge in [0.2, 0.25) is 0 Å². The number of hydrogen-bond donors (Lipinski definition) is 1. The molecule has 2 aliphatic rings. The van der Waals surface area contributed by atoms with E-state index in [9.17, 15) is 5.11 Å². The van der Waals surface area contributed by atoms with Gasteiger partial charge in [-0.15, -0.1) is 0 Å². The molecule has 2 rings (SSSR count). The van der Waals surface area contributed by atoms with Crippen LogP contribution in [0, 0.1) is 11.8 Å². The lowest BCUT2D eigenvalue weighted by Gasteiger charge is -2.44. The minimum Gasteiger partial charge on any atom is -0.391 e. The molecule has 0 bridgehead atoms. The minimum absolute atomic E-state index is 0.0853. The van der Waals surface area contributed by atoms with E-state index in [-0.39, 0.29) is 6.10 Å². The fraction of sp³-hybridized carbons (Fsp3) is 1.00. The van der Waals surface area contributed by atoms with E-state index in [1.54, 1.807) is 0 Å². The maximum absolute atomic E-state index is 10.2. The van der Waals surface area contributed by atoms with Crippen LogP contribution >= 0.6 is 0 Å². The molecule has 18 heavy (non-hydrogen) atoms. The maximum Gasteiger partial charge on any atom is 0.0695 e. The Balaban J connectivity index is 1.81. The summed E-state index contributed by atoms with van der Waals surface area (Å²) in [4.78, 5) is 5.11. The molecular weight excluding hydrogens is 224 g/mol. The molecule has 1 aliphatic heterocycles. The van der Waals surface area contributed by atoms with Crippen molar-refractivity contribution < 1.29 is 5.11 Å². The summed E-state index contributed by atoms with van der Waals surface area (Å²) in [6.45, 7) is 12.8. The lowest BCUT2D eigenvalue weighted by atomic mass is 9.84. The molecule has 1 saturated heterocycles. The topological polar surface area (TPSA) is 26.7 Å². The zero-order valence-corrected chi connectivity index (χ0v) is 12.3. The maximum atomic E-state index is 10.2. The summed E-state index contributed by atoms with van der Waals surface area (Å²) in [5.41, 5.74) is 0. The molecule has 0 aromatic carbocycles. The van der Waals surface area contributed by atoms with Crippen LogP contribution in [-0.2, 0) is 0 Å². The number of aliphatic hydroxyl groups excluding tert-OH is 1. The third kappa shape index (κ3) is 3.69. The molecule has 0 aromatic heterocycles. The summed E-state index contributed by atoms with van der Waals surface area (Å²) in [7, 11) is 0. The van der Waals surface area contributed by atoms with Crippen LogP contribution < -0.4 is 0 Å². The third-order valence-electron chi connectivity index (χ3n) is 4.54. The SMILES string of the molecule is CC(C)CN1CCN(C2CC(C)CCC2O)CC1. The van der Waals surface area contributed by atoms with Crippen molar-refractivity contribution >= 4 is 0 Å². The highest BCUT2D eigenvalue weighted by Crippen LogP contribution is 2.28. The van der Waals surface area contributed by atoms with Crippen molar-refractivity contribution in [2.45, 2.75) is 52.2 Å². The van der Waals surface area contributed by atoms with E-state index in [2.05, 4.69) is 30.6 Å². The van der Waals surface area contributed by atoms with Crippen molar-refractivity contribution in [3.05, 3.63) is 0 Å². The number of piperazine rings is 1. The zero-order chi connectivity index (χ0) is 13.1. The Kier molecular flexibility index (Phi) is 5.05. The molecule has 0 aromatic rings. The monoisotopic (exact) mass is 254 g/mol. The van der Waals surface area contributed by atoms with Gasteiger partial charge in [-0.05, 0) is 31.1 Å². The van der Waals surface area contributed by atoms with Gasteiger partial charge < -0.3 is 10.0 Å². The zero-order valence-electron chi connectivity index (χ0n) is 12.3. The van der Waals surface area contributed by atoms with Crippen LogP contribution in [0.15, 0.2) is 0 Å². The van der Waals surface area contributed by atoms with Gasteiger partial charge in [0.05, 0.1) is 6.10 Å². The highest BCUT2D eigenvalue weighted by Gasteiger charge is 2.33. The van der Waals surface area contributed by atoms with Gasteiger partial charge in [0.25, 0.3) is 0 Å². The predicted molar refractivity (Wildman–Crippen MR) is 75.7 cm³/mol. The van der Waals surface area contributed by atoms with Crippen molar-refractivity contribution in [3.8, 4) is 0 Å². The molecule has 0 spiro atoms. The molecule has 0 radical (unpaired) electrons. The van der Waals surface area contributed by atoms with Gasteiger partial charge in [-0.25, -0.2) is 0 Å². The minimum atomic E-state index is -0.0853. The van der Waals surface area contributed by atoms with E-state index < -0.39 is 0 Å². The summed E-state index contributed by atoms with van der Waals surface area (Å²) in [5.74, 6) is 1.55. The average molecular weight is 254 g/mol. The first-order valence-electron chi connectivity index (χ1n) is 7.70. The van der Waals surface area contributed by atoms with Gasteiger partial charge in [0.1, 0.15) is 0 Å². The Morgan fingerprint density at radius 1 is 1.11 bits per heavy atom. The van der Waals surface area contributed by atoms with Crippen LogP contribution in [0.3, 0.4) is 0 Å². The molecule has 1 aliphatic carbocycles. The van der Waals surface area contributed by atoms with Gasteiger partial charge in [0.15, 0.2) is 0 Å². The van der Waals surface area contributed by atoms with Crippen molar-refractivity contribution in [3.63, 3.8) is 0 Å². The Morgan fingerprint density at radius 2 is 1.78 bits per heavy atom. The Morgan fingerprint density at radius 3 is 2.39 bits per heavy atom. The van der Waals surface area contributed by atoms with Crippen molar-refractivity contribution in [1.29, 1.82) is 0 Å². The number of aliphatic hydroxyl groups is 1. The molecule has 1 saturated carbocycles. The van der Waals surface area contributed by atoms with Crippen molar-refractivity contribution in [1.82, 2.24) is 9.80 Å². The molecule has 3 atom stereocenters. The fourth-order valence-electron chi connectivity index (χ4n) is 3.52. The van der Waals surface area contributed by atoms with Gasteiger partial charge in [-0.2, -0.15) is 0 Å². The molecule has 0 amide bonds. The van der Waals surface area contributed by atoms with E-state index in [0.717, 1.165) is 31.3 Å². The standard InChI is InChI=1S/C15H30N2O/c1-12(2)11-16-6-8-17(9-7-16)14-10-13(3)4-5-15(14)18/h12-15,18H,4-11H2,1-3H3. The van der Waals surface area contributed by atoms with E-state index >= 15 is 0 Å². The smallest absolute Gasteiger partial charge is 0.0695 e. The first-order valence-corrected chi connectivity index (χ1v) is 7.70. The van der Waals surface area contributed by atoms with Gasteiger partial charge in [-0.1, -0.05) is 20.8 Å². The van der Waals surface area contributed by atoms with Crippen LogP contribution in [0.4, 0.5) is 0 Å². The van der Waals surface area contributed by atoms with Crippen LogP contribution in [0.25, 0.3) is 0 Å². The Bertz CT molecular complexity index is 249. The number of nitrogens with zero attached hydrogens (tertiary/aromatic N) is 2. The van der Waals surface area contributed by atoms with Crippen molar-refractivity contribution in [2.75, 3.05) is 32.7 Å². The molecule has 3 nitrogen and oxygen atoms in total. The highest BCUT2D eigenvalue weighted by atomic mass is 16.3. The average Bonchev–Trinajstić information content (AvgIpc) is 2.33. The van der Waals surface area contributed by atoms with E-state index in [1.165, 1.54) is 32.5 Å². The normalized spacial score (nSPS) is 36.2. The number of rotatable bonds is 3. The van der Waals surface area contributed by atoms with Crippen LogP contribution in [-0.4, -0.2) is 59.8 Å². The molecule has 3 heteroatoms. The van der Waals surface area contributed by atoms with Crippen molar-refractivity contribution in [2.24, 2.45) is 11.8 Å². The van der Waals surface area contributed by atoms with Gasteiger partial charge in [-0.3, -0.25) is 4.90 Å². The second kappa shape index (κ2) is 6.36. The Labute approximate surface area is 112 Å². The third-order valence-corrected chi connectivity index (χ3v) is 4.54. The first-order chi connectivity index (χ1) is 8.56. The fourth-order valence-corrected chi connectivity index (χ4v) is 3.52. The van der Waals surface area contributed by atoms with E-state index in [4.69, 9.17) is 0 Å². The Hall–Kier alpha value is -0.120. The summed E-state index contributed by atoms with van der Waals surface area (Å²) >= 11 is 0. The summed E-state index contributed by atoms with van der Waals surface area (Å²) in [5, 5.41) is 10.2. The second-order valence-corrected chi connectivity index (χ2v) is 6.78. The molecule has 106 valence electrons. The molecule has 1 N–H and O–H groups in total. The van der Waals surface area contributed by atoms with E-state index in [1.807, 2.05) is 0 Å². The van der Waals surface area contributed by atoms with E-state index in [0.29, 0.717) is 6.04 Å². The van der Waals surface area contributed by atoms with Crippen LogP contribution in [0.1, 0.15) is 40.0 Å². The second-order valence-electron chi connectivity index (χ2n) is 6.78. The number of hydrogen-bond acceptors (Lipinski definition) is 3. The van der Waals surface area contributed by atoms with Crippen LogP contribution in [0.5, 0.6) is 0 Å². The van der Waals surface area contributed by atoms with Gasteiger partial charge in [0, 0.05) is 38.8 Å². The molecule has 2 fully saturated rings. The quantitative estimate of drug-likeness (QED) is 0.832. The lowest BCUT2D eigenvalue weighted by molar-refractivity contribution is -0.0162. The predicted octanol–water partition coefficient (Wildman–Crippen LogP) is 1.81. The van der Waals surface area contributed by atoms with Crippen LogP contribution in [0.2, 0.25) is 0 Å². The summed E-state index contributed by atoms with van der Waals surface area (Å²) in [6.07, 6.45) is 3.30. The highest BCUT2D eigenvalue weighted by molar-refractivity contribution is 4.88. The molecule has 3 unspecified atom stereocenters. The first kappa shape index (κ1) is 14.3. The largest absolute Gasteiger partial charge is 0.391 e. The summed E-state index contributed by atoms with van der Waals surface area (Å²) < 4.78 is 0. The lowest BCUT2D eigenvalue weighted by Crippen LogP contribution is -2.55. The summed E-state index contributed by atoms with van der Waals surface area (Å²) in [6, 6.07) is 0.426. The molecular formula is C15H30N2O. The molecule has 1 heterocycles. The van der Waals surface area contributed by atoms with Gasteiger partial charge >= 0.3 is 0 Å².